The number of hydrogen-bond donors (Lipinski definition) is 1. The fourth-order valence-electron chi connectivity index (χ4n) is 2.65. The highest BCUT2D eigenvalue weighted by Gasteiger charge is 2.13. The number of anilines is 1. The molecular weight excluding hydrogens is 420 g/mol. The number of amides is 1. The lowest BCUT2D eigenvalue weighted by Crippen LogP contribution is -2.12. The number of benzene rings is 2. The first-order valence-electron chi connectivity index (χ1n) is 9.02. The number of aromatic nitrogens is 3. The van der Waals surface area contributed by atoms with Crippen LogP contribution in [0.5, 0.6) is 11.5 Å². The second kappa shape index (κ2) is 9.02. The SMILES string of the molecule is Cn1ccnc1Sc1ccc(Cl)cc1NC(=O)c1ccc(Oc2cccnc2)cc1. The number of hydrogen-bond acceptors (Lipinski definition) is 5. The molecule has 0 fully saturated rings. The molecule has 0 saturated carbocycles. The van der Waals surface area contributed by atoms with Gasteiger partial charge in [-0.25, -0.2) is 4.98 Å². The van der Waals surface area contributed by atoms with Crippen molar-refractivity contribution in [1.29, 1.82) is 0 Å². The molecule has 0 unspecified atom stereocenters. The molecule has 0 spiro atoms. The molecule has 0 aliphatic carbocycles. The summed E-state index contributed by atoms with van der Waals surface area (Å²) in [5.41, 5.74) is 1.12. The molecule has 0 atom stereocenters. The van der Waals surface area contributed by atoms with Gasteiger partial charge in [0.25, 0.3) is 5.91 Å². The molecule has 4 aromatic rings. The molecular formula is C22H17ClN4O2S. The zero-order chi connectivity index (χ0) is 20.9. The van der Waals surface area contributed by atoms with Gasteiger partial charge in [0.15, 0.2) is 5.16 Å². The largest absolute Gasteiger partial charge is 0.456 e. The maximum atomic E-state index is 12.8. The van der Waals surface area contributed by atoms with E-state index in [-0.39, 0.29) is 5.91 Å². The minimum absolute atomic E-state index is 0.244. The highest BCUT2D eigenvalue weighted by molar-refractivity contribution is 7.99. The molecule has 0 aliphatic rings. The van der Waals surface area contributed by atoms with E-state index in [1.165, 1.54) is 11.8 Å². The Balaban J connectivity index is 1.49. The van der Waals surface area contributed by atoms with Crippen LogP contribution in [0.3, 0.4) is 0 Å². The quantitative estimate of drug-likeness (QED) is 0.422. The molecule has 30 heavy (non-hydrogen) atoms. The first-order valence-corrected chi connectivity index (χ1v) is 10.2. The third-order valence-corrected chi connectivity index (χ3v) is 5.54. The lowest BCUT2D eigenvalue weighted by atomic mass is 10.2. The topological polar surface area (TPSA) is 69.0 Å². The number of aryl methyl sites for hydroxylation is 1. The number of ether oxygens (including phenoxy) is 1. The fraction of sp³-hybridized carbons (Fsp3) is 0.0455. The average molecular weight is 437 g/mol. The van der Waals surface area contributed by atoms with Gasteiger partial charge in [0.1, 0.15) is 11.5 Å². The summed E-state index contributed by atoms with van der Waals surface area (Å²) in [5, 5.41) is 4.28. The number of pyridine rings is 1. The van der Waals surface area contributed by atoms with E-state index in [2.05, 4.69) is 15.3 Å². The Labute approximate surface area is 182 Å². The van der Waals surface area contributed by atoms with Crippen LogP contribution in [0.2, 0.25) is 5.02 Å². The number of carbonyl (C=O) groups is 1. The molecule has 150 valence electrons. The number of rotatable bonds is 6. The van der Waals surface area contributed by atoms with E-state index in [1.807, 2.05) is 29.9 Å². The Kier molecular flexibility index (Phi) is 6.02. The summed E-state index contributed by atoms with van der Waals surface area (Å²) in [6.07, 6.45) is 6.90. The van der Waals surface area contributed by atoms with Crippen LogP contribution in [-0.4, -0.2) is 20.4 Å². The molecule has 2 aromatic heterocycles. The summed E-state index contributed by atoms with van der Waals surface area (Å²) in [6.45, 7) is 0. The number of nitrogens with zero attached hydrogens (tertiary/aromatic N) is 3. The molecule has 2 heterocycles. The predicted octanol–water partition coefficient (Wildman–Crippen LogP) is 5.66. The minimum atomic E-state index is -0.244. The maximum absolute atomic E-state index is 12.8. The Hall–Kier alpha value is -3.29. The standard InChI is InChI=1S/C22H17ClN4O2S/c1-27-12-11-25-22(27)30-20-9-6-16(23)13-19(20)26-21(28)15-4-7-17(8-5-15)29-18-3-2-10-24-14-18/h2-14H,1H3,(H,26,28). The first kappa shape index (κ1) is 20.0. The normalized spacial score (nSPS) is 10.6. The molecule has 2 aromatic carbocycles. The van der Waals surface area contributed by atoms with Crippen molar-refractivity contribution in [2.75, 3.05) is 5.32 Å². The second-order valence-corrected chi connectivity index (χ2v) is 7.78. The van der Waals surface area contributed by atoms with E-state index in [9.17, 15) is 4.79 Å². The van der Waals surface area contributed by atoms with Gasteiger partial charge < -0.3 is 14.6 Å². The van der Waals surface area contributed by atoms with Gasteiger partial charge in [-0.3, -0.25) is 9.78 Å². The molecule has 4 rings (SSSR count). The zero-order valence-corrected chi connectivity index (χ0v) is 17.5. The molecule has 0 saturated heterocycles. The van der Waals surface area contributed by atoms with Crippen LogP contribution in [0.25, 0.3) is 0 Å². The van der Waals surface area contributed by atoms with Crippen molar-refractivity contribution in [3.8, 4) is 11.5 Å². The Bertz CT molecular complexity index is 1160. The van der Waals surface area contributed by atoms with E-state index in [1.54, 1.807) is 61.1 Å². The molecule has 1 amide bonds. The van der Waals surface area contributed by atoms with Gasteiger partial charge in [0.05, 0.1) is 11.9 Å². The van der Waals surface area contributed by atoms with Gasteiger partial charge in [-0.2, -0.15) is 0 Å². The number of nitrogens with one attached hydrogen (secondary N) is 1. The summed E-state index contributed by atoms with van der Waals surface area (Å²) in [5.74, 6) is 1.00. The van der Waals surface area contributed by atoms with Gasteiger partial charge >= 0.3 is 0 Å². The third kappa shape index (κ3) is 4.82. The average Bonchev–Trinajstić information content (AvgIpc) is 3.16. The highest BCUT2D eigenvalue weighted by Crippen LogP contribution is 2.34. The van der Waals surface area contributed by atoms with Crippen molar-refractivity contribution >= 4 is 35.0 Å². The van der Waals surface area contributed by atoms with Crippen LogP contribution in [0.1, 0.15) is 10.4 Å². The Morgan fingerprint density at radius 3 is 2.63 bits per heavy atom. The maximum Gasteiger partial charge on any atom is 0.255 e. The predicted molar refractivity (Wildman–Crippen MR) is 117 cm³/mol. The number of imidazole rings is 1. The van der Waals surface area contributed by atoms with Crippen molar-refractivity contribution in [3.63, 3.8) is 0 Å². The van der Waals surface area contributed by atoms with Crippen molar-refractivity contribution in [2.24, 2.45) is 7.05 Å². The lowest BCUT2D eigenvalue weighted by Gasteiger charge is -2.12. The summed E-state index contributed by atoms with van der Waals surface area (Å²) in [4.78, 5) is 22.0. The van der Waals surface area contributed by atoms with Crippen molar-refractivity contribution in [2.45, 2.75) is 10.1 Å². The van der Waals surface area contributed by atoms with Crippen LogP contribution in [0.15, 0.2) is 89.4 Å². The third-order valence-electron chi connectivity index (χ3n) is 4.15. The molecule has 1 N–H and O–H groups in total. The van der Waals surface area contributed by atoms with E-state index in [0.717, 1.165) is 10.1 Å². The monoisotopic (exact) mass is 436 g/mol. The summed E-state index contributed by atoms with van der Waals surface area (Å²) in [7, 11) is 1.92. The van der Waals surface area contributed by atoms with Crippen LogP contribution in [0, 0.1) is 0 Å². The summed E-state index contributed by atoms with van der Waals surface area (Å²) < 4.78 is 7.62. The Morgan fingerprint density at radius 1 is 1.10 bits per heavy atom. The van der Waals surface area contributed by atoms with Gasteiger partial charge in [0.2, 0.25) is 0 Å². The van der Waals surface area contributed by atoms with Crippen LogP contribution >= 0.6 is 23.4 Å². The molecule has 0 aliphatic heterocycles. The summed E-state index contributed by atoms with van der Waals surface area (Å²) >= 11 is 7.60. The van der Waals surface area contributed by atoms with Crippen molar-refractivity contribution < 1.29 is 9.53 Å². The van der Waals surface area contributed by atoms with Crippen LogP contribution < -0.4 is 10.1 Å². The minimum Gasteiger partial charge on any atom is -0.456 e. The van der Waals surface area contributed by atoms with E-state index in [4.69, 9.17) is 16.3 Å². The highest BCUT2D eigenvalue weighted by atomic mass is 35.5. The van der Waals surface area contributed by atoms with Gasteiger partial charge in [-0.15, -0.1) is 0 Å². The Morgan fingerprint density at radius 2 is 1.93 bits per heavy atom. The van der Waals surface area contributed by atoms with Gasteiger partial charge in [-0.1, -0.05) is 11.6 Å². The second-order valence-electron chi connectivity index (χ2n) is 6.33. The van der Waals surface area contributed by atoms with Crippen molar-refractivity contribution in [3.05, 3.63) is 90.0 Å². The van der Waals surface area contributed by atoms with Crippen LogP contribution in [-0.2, 0) is 7.05 Å². The first-order chi connectivity index (χ1) is 14.6. The smallest absolute Gasteiger partial charge is 0.255 e. The zero-order valence-electron chi connectivity index (χ0n) is 15.9. The van der Waals surface area contributed by atoms with E-state index in [0.29, 0.717) is 27.8 Å². The lowest BCUT2D eigenvalue weighted by molar-refractivity contribution is 0.102. The van der Waals surface area contributed by atoms with Gasteiger partial charge in [-0.05, 0) is 66.4 Å². The fourth-order valence-corrected chi connectivity index (χ4v) is 3.69. The summed E-state index contributed by atoms with van der Waals surface area (Å²) in [6, 6.07) is 15.9. The molecule has 0 bridgehead atoms. The van der Waals surface area contributed by atoms with Crippen molar-refractivity contribution in [1.82, 2.24) is 14.5 Å². The van der Waals surface area contributed by atoms with E-state index < -0.39 is 0 Å². The van der Waals surface area contributed by atoms with Crippen LogP contribution in [0.4, 0.5) is 5.69 Å². The molecule has 6 nitrogen and oxygen atoms in total. The molecule has 0 radical (unpaired) electrons. The van der Waals surface area contributed by atoms with E-state index >= 15 is 0 Å². The van der Waals surface area contributed by atoms with Gasteiger partial charge in [0, 0.05) is 41.1 Å². The molecule has 8 heteroatoms. The number of carbonyl (C=O) groups excluding carboxylic acids is 1. The number of halogens is 1.